The van der Waals surface area contributed by atoms with Crippen LogP contribution in [0.25, 0.3) is 0 Å². The van der Waals surface area contributed by atoms with Crippen LogP contribution in [-0.2, 0) is 5.54 Å². The molecule has 0 aromatic carbocycles. The summed E-state index contributed by atoms with van der Waals surface area (Å²) in [7, 11) is 0. The maximum absolute atomic E-state index is 12.4. The zero-order valence-corrected chi connectivity index (χ0v) is 6.25. The minimum absolute atomic E-state index is 0.133. The summed E-state index contributed by atoms with van der Waals surface area (Å²) in [6.45, 7) is 0. The lowest BCUT2D eigenvalue weighted by Gasteiger charge is -2.01. The third kappa shape index (κ3) is 0.859. The molecule has 1 heterocycles. The van der Waals surface area contributed by atoms with Crippen molar-refractivity contribution in [2.24, 2.45) is 5.73 Å². The lowest BCUT2D eigenvalue weighted by molar-refractivity contribution is 0.657. The first-order valence-electron chi connectivity index (χ1n) is 3.25. The highest BCUT2D eigenvalue weighted by molar-refractivity contribution is 7.10. The fraction of sp³-hybridized carbons (Fsp3) is 0.429. The Balaban J connectivity index is 2.34. The van der Waals surface area contributed by atoms with Crippen molar-refractivity contribution >= 4 is 11.3 Å². The van der Waals surface area contributed by atoms with Gasteiger partial charge in [-0.25, -0.2) is 0 Å². The first-order chi connectivity index (χ1) is 4.71. The molecular weight excluding hydrogens is 149 g/mol. The molecule has 1 aromatic heterocycles. The van der Waals surface area contributed by atoms with Gasteiger partial charge in [0.25, 0.3) is 0 Å². The molecule has 1 aliphatic carbocycles. The summed E-state index contributed by atoms with van der Waals surface area (Å²) in [6.07, 6.45) is 2.01. The predicted octanol–water partition coefficient (Wildman–Crippen LogP) is 1.84. The van der Waals surface area contributed by atoms with Crippen LogP contribution in [0.2, 0.25) is 0 Å². The molecule has 1 saturated carbocycles. The van der Waals surface area contributed by atoms with Crippen molar-refractivity contribution in [2.75, 3.05) is 0 Å². The van der Waals surface area contributed by atoms with E-state index in [4.69, 9.17) is 5.73 Å². The lowest BCUT2D eigenvalue weighted by Crippen LogP contribution is -2.16. The van der Waals surface area contributed by atoms with Crippen molar-refractivity contribution in [3.8, 4) is 0 Å². The van der Waals surface area contributed by atoms with Crippen LogP contribution in [0.4, 0.5) is 4.39 Å². The summed E-state index contributed by atoms with van der Waals surface area (Å²) in [5.41, 5.74) is 5.67. The van der Waals surface area contributed by atoms with E-state index in [-0.39, 0.29) is 10.7 Å². The first kappa shape index (κ1) is 6.31. The molecule has 0 aliphatic heterocycles. The molecular formula is C7H8FNS. The summed E-state index contributed by atoms with van der Waals surface area (Å²) in [4.78, 5) is 0.991. The Morgan fingerprint density at radius 3 is 2.60 bits per heavy atom. The first-order valence-corrected chi connectivity index (χ1v) is 4.07. The molecule has 1 aliphatic rings. The Bertz CT molecular complexity index is 252. The maximum Gasteiger partial charge on any atom is 0.176 e. The van der Waals surface area contributed by atoms with Crippen LogP contribution in [0.15, 0.2) is 12.1 Å². The molecule has 54 valence electrons. The van der Waals surface area contributed by atoms with Gasteiger partial charge < -0.3 is 5.73 Å². The van der Waals surface area contributed by atoms with E-state index in [1.165, 1.54) is 17.4 Å². The second kappa shape index (κ2) is 1.80. The molecule has 0 spiro atoms. The number of rotatable bonds is 1. The zero-order valence-electron chi connectivity index (χ0n) is 5.43. The van der Waals surface area contributed by atoms with Crippen molar-refractivity contribution in [2.45, 2.75) is 18.4 Å². The highest BCUT2D eigenvalue weighted by Crippen LogP contribution is 2.45. The van der Waals surface area contributed by atoms with Gasteiger partial charge in [-0.05, 0) is 25.0 Å². The molecule has 0 amide bonds. The number of thiophene rings is 1. The van der Waals surface area contributed by atoms with Crippen LogP contribution >= 0.6 is 11.3 Å². The van der Waals surface area contributed by atoms with Crippen LogP contribution in [0.3, 0.4) is 0 Å². The van der Waals surface area contributed by atoms with Crippen LogP contribution < -0.4 is 5.73 Å². The van der Waals surface area contributed by atoms with E-state index in [0.29, 0.717) is 0 Å². The van der Waals surface area contributed by atoms with Crippen LogP contribution in [0.1, 0.15) is 17.7 Å². The summed E-state index contributed by atoms with van der Waals surface area (Å²) in [5.74, 6) is 0. The van der Waals surface area contributed by atoms with Gasteiger partial charge in [0, 0.05) is 4.88 Å². The Kier molecular flexibility index (Phi) is 1.13. The molecule has 1 nitrogen and oxygen atoms in total. The Morgan fingerprint density at radius 1 is 1.50 bits per heavy atom. The van der Waals surface area contributed by atoms with Gasteiger partial charge in [-0.1, -0.05) is 0 Å². The quantitative estimate of drug-likeness (QED) is 0.661. The van der Waals surface area contributed by atoms with Crippen LogP contribution in [-0.4, -0.2) is 0 Å². The number of hydrogen-bond acceptors (Lipinski definition) is 2. The standard InChI is InChI=1S/C7H8FNS/c8-6-2-1-5(10-6)7(9)3-4-7/h1-2H,3-4,9H2. The fourth-order valence-corrected chi connectivity index (χ4v) is 1.85. The molecule has 0 bridgehead atoms. The summed E-state index contributed by atoms with van der Waals surface area (Å²) in [6, 6.07) is 3.26. The number of nitrogens with two attached hydrogens (primary N) is 1. The monoisotopic (exact) mass is 157 g/mol. The third-order valence-corrected chi connectivity index (χ3v) is 2.95. The largest absolute Gasteiger partial charge is 0.321 e. The van der Waals surface area contributed by atoms with Gasteiger partial charge in [-0.2, -0.15) is 4.39 Å². The van der Waals surface area contributed by atoms with Gasteiger partial charge >= 0.3 is 0 Å². The normalized spacial score (nSPS) is 21.0. The number of hydrogen-bond donors (Lipinski definition) is 1. The Hall–Kier alpha value is -0.410. The molecule has 0 unspecified atom stereocenters. The molecule has 2 rings (SSSR count). The van der Waals surface area contributed by atoms with Gasteiger partial charge in [-0.3, -0.25) is 0 Å². The average molecular weight is 157 g/mol. The highest BCUT2D eigenvalue weighted by atomic mass is 32.1. The van der Waals surface area contributed by atoms with Gasteiger partial charge in [0.2, 0.25) is 0 Å². The molecule has 1 aromatic rings. The third-order valence-electron chi connectivity index (χ3n) is 1.85. The summed E-state index contributed by atoms with van der Waals surface area (Å²) in [5, 5.41) is -0.133. The van der Waals surface area contributed by atoms with E-state index in [2.05, 4.69) is 0 Å². The minimum Gasteiger partial charge on any atom is -0.321 e. The van der Waals surface area contributed by atoms with E-state index in [1.54, 1.807) is 6.07 Å². The van der Waals surface area contributed by atoms with E-state index >= 15 is 0 Å². The van der Waals surface area contributed by atoms with E-state index < -0.39 is 0 Å². The molecule has 1 fully saturated rings. The minimum atomic E-state index is -0.158. The van der Waals surface area contributed by atoms with Crippen molar-refractivity contribution in [1.82, 2.24) is 0 Å². The lowest BCUT2D eigenvalue weighted by atomic mass is 10.2. The smallest absolute Gasteiger partial charge is 0.176 e. The van der Waals surface area contributed by atoms with E-state index in [0.717, 1.165) is 17.7 Å². The van der Waals surface area contributed by atoms with E-state index in [1.807, 2.05) is 0 Å². The van der Waals surface area contributed by atoms with Crippen molar-refractivity contribution in [3.63, 3.8) is 0 Å². The average Bonchev–Trinajstić information content (AvgIpc) is 2.45. The van der Waals surface area contributed by atoms with Gasteiger partial charge in [0.1, 0.15) is 0 Å². The predicted molar refractivity (Wildman–Crippen MR) is 39.4 cm³/mol. The molecule has 0 atom stereocenters. The second-order valence-corrected chi connectivity index (χ2v) is 3.79. The topological polar surface area (TPSA) is 26.0 Å². The fourth-order valence-electron chi connectivity index (χ4n) is 0.963. The maximum atomic E-state index is 12.4. The van der Waals surface area contributed by atoms with Gasteiger partial charge in [-0.15, -0.1) is 11.3 Å². The molecule has 0 saturated heterocycles. The molecule has 2 N–H and O–H groups in total. The highest BCUT2D eigenvalue weighted by Gasteiger charge is 2.41. The Morgan fingerprint density at radius 2 is 2.20 bits per heavy atom. The van der Waals surface area contributed by atoms with Crippen LogP contribution in [0.5, 0.6) is 0 Å². The van der Waals surface area contributed by atoms with E-state index in [9.17, 15) is 4.39 Å². The molecule has 0 radical (unpaired) electrons. The van der Waals surface area contributed by atoms with Crippen molar-refractivity contribution < 1.29 is 4.39 Å². The van der Waals surface area contributed by atoms with Gasteiger partial charge in [0.05, 0.1) is 5.54 Å². The number of halogens is 1. The Labute approximate surface area is 62.7 Å². The SMILES string of the molecule is NC1(c2ccc(F)s2)CC1. The molecule has 3 heteroatoms. The molecule has 10 heavy (non-hydrogen) atoms. The zero-order chi connectivity index (χ0) is 7.19. The van der Waals surface area contributed by atoms with Crippen molar-refractivity contribution in [1.29, 1.82) is 0 Å². The summed E-state index contributed by atoms with van der Waals surface area (Å²) >= 11 is 1.17. The second-order valence-electron chi connectivity index (χ2n) is 2.76. The summed E-state index contributed by atoms with van der Waals surface area (Å²) < 4.78 is 12.4. The van der Waals surface area contributed by atoms with Crippen LogP contribution in [0, 0.1) is 5.13 Å². The van der Waals surface area contributed by atoms with Gasteiger partial charge in [0.15, 0.2) is 5.13 Å². The van der Waals surface area contributed by atoms with Crippen molar-refractivity contribution in [3.05, 3.63) is 22.1 Å².